The van der Waals surface area contributed by atoms with Gasteiger partial charge in [0.15, 0.2) is 6.29 Å². The molecule has 1 aromatic carbocycles. The first-order valence-electron chi connectivity index (χ1n) is 6.66. The van der Waals surface area contributed by atoms with Crippen LogP contribution in [0, 0.1) is 5.92 Å². The van der Waals surface area contributed by atoms with Gasteiger partial charge in [0, 0.05) is 10.0 Å². The average molecular weight is 311 g/mol. The molecule has 0 aliphatic heterocycles. The highest BCUT2D eigenvalue weighted by atomic mass is 79.9. The summed E-state index contributed by atoms with van der Waals surface area (Å²) >= 11 is 3.35. The summed E-state index contributed by atoms with van der Waals surface area (Å²) in [5.41, 5.74) is 0.649. The van der Waals surface area contributed by atoms with Gasteiger partial charge >= 0.3 is 0 Å². The Balaban J connectivity index is 2.10. The second kappa shape index (κ2) is 6.37. The fourth-order valence-corrected chi connectivity index (χ4v) is 3.00. The number of hydrogen-bond donors (Lipinski definition) is 0. The maximum Gasteiger partial charge on any atom is 0.151 e. The zero-order valence-electron chi connectivity index (χ0n) is 10.7. The van der Waals surface area contributed by atoms with Crippen molar-refractivity contribution in [1.82, 2.24) is 0 Å². The lowest BCUT2D eigenvalue weighted by molar-refractivity contribution is 0.0901. The van der Waals surface area contributed by atoms with Crippen LogP contribution in [0.1, 0.15) is 49.4 Å². The first kappa shape index (κ1) is 13.6. The van der Waals surface area contributed by atoms with Crippen LogP contribution in [0.25, 0.3) is 0 Å². The molecule has 2 unspecified atom stereocenters. The Hall–Kier alpha value is -0.830. The molecule has 0 heterocycles. The van der Waals surface area contributed by atoms with Gasteiger partial charge in [0.05, 0.1) is 0 Å². The molecule has 1 fully saturated rings. The minimum Gasteiger partial charge on any atom is -0.490 e. The standard InChI is InChI=1S/C15H19BrO2/c1-2-11-5-3-4-6-15(11)18-13-7-8-14(16)12(9-13)10-17/h7-11,15H,2-6H2,1H3. The van der Waals surface area contributed by atoms with E-state index in [0.717, 1.165) is 22.9 Å². The van der Waals surface area contributed by atoms with Crippen molar-refractivity contribution in [2.24, 2.45) is 5.92 Å². The van der Waals surface area contributed by atoms with Gasteiger partial charge in [-0.3, -0.25) is 4.79 Å². The molecule has 2 rings (SSSR count). The Kier molecular flexibility index (Phi) is 4.81. The van der Waals surface area contributed by atoms with E-state index in [-0.39, 0.29) is 0 Å². The summed E-state index contributed by atoms with van der Waals surface area (Å²) in [7, 11) is 0. The van der Waals surface area contributed by atoms with Crippen LogP contribution >= 0.6 is 15.9 Å². The number of rotatable bonds is 4. The normalized spacial score (nSPS) is 23.7. The average Bonchev–Trinajstić information content (AvgIpc) is 2.41. The summed E-state index contributed by atoms with van der Waals surface area (Å²) in [5, 5.41) is 0. The zero-order chi connectivity index (χ0) is 13.0. The Bertz CT molecular complexity index is 417. The number of hydrogen-bond acceptors (Lipinski definition) is 2. The molecule has 18 heavy (non-hydrogen) atoms. The number of carbonyl (C=O) groups excluding carboxylic acids is 1. The monoisotopic (exact) mass is 310 g/mol. The van der Waals surface area contributed by atoms with E-state index >= 15 is 0 Å². The van der Waals surface area contributed by atoms with Crippen molar-refractivity contribution in [3.05, 3.63) is 28.2 Å². The molecule has 0 N–H and O–H groups in total. The van der Waals surface area contributed by atoms with Gasteiger partial charge in [-0.15, -0.1) is 0 Å². The summed E-state index contributed by atoms with van der Waals surface area (Å²) in [6.45, 7) is 2.23. The fourth-order valence-electron chi connectivity index (χ4n) is 2.66. The van der Waals surface area contributed by atoms with E-state index in [4.69, 9.17) is 4.74 Å². The van der Waals surface area contributed by atoms with Crippen LogP contribution in [-0.2, 0) is 0 Å². The summed E-state index contributed by atoms with van der Waals surface area (Å²) in [5.74, 6) is 1.47. The molecular weight excluding hydrogens is 292 g/mol. The summed E-state index contributed by atoms with van der Waals surface area (Å²) in [4.78, 5) is 10.9. The molecule has 98 valence electrons. The Morgan fingerprint density at radius 3 is 2.89 bits per heavy atom. The Morgan fingerprint density at radius 1 is 1.39 bits per heavy atom. The van der Waals surface area contributed by atoms with Gasteiger partial charge in [-0.2, -0.15) is 0 Å². The summed E-state index contributed by atoms with van der Waals surface area (Å²) in [6, 6.07) is 5.62. The number of halogens is 1. The second-order valence-electron chi connectivity index (χ2n) is 4.91. The molecule has 1 aliphatic carbocycles. The van der Waals surface area contributed by atoms with Crippen molar-refractivity contribution in [2.45, 2.75) is 45.1 Å². The molecule has 1 saturated carbocycles. The van der Waals surface area contributed by atoms with Crippen LogP contribution in [0.15, 0.2) is 22.7 Å². The quantitative estimate of drug-likeness (QED) is 0.759. The van der Waals surface area contributed by atoms with E-state index in [1.54, 1.807) is 0 Å². The number of benzene rings is 1. The lowest BCUT2D eigenvalue weighted by Gasteiger charge is -2.31. The lowest BCUT2D eigenvalue weighted by atomic mass is 9.85. The van der Waals surface area contributed by atoms with Crippen LogP contribution in [0.4, 0.5) is 0 Å². The molecule has 0 spiro atoms. The van der Waals surface area contributed by atoms with Gasteiger partial charge in [0.25, 0.3) is 0 Å². The zero-order valence-corrected chi connectivity index (χ0v) is 12.3. The highest BCUT2D eigenvalue weighted by Gasteiger charge is 2.25. The maximum atomic E-state index is 10.9. The van der Waals surface area contributed by atoms with Gasteiger partial charge in [0.1, 0.15) is 11.9 Å². The molecule has 0 amide bonds. The van der Waals surface area contributed by atoms with E-state index in [2.05, 4.69) is 22.9 Å². The molecule has 1 aromatic rings. The number of aldehydes is 1. The fraction of sp³-hybridized carbons (Fsp3) is 0.533. The highest BCUT2D eigenvalue weighted by Crippen LogP contribution is 2.31. The molecular formula is C15H19BrO2. The van der Waals surface area contributed by atoms with Gasteiger partial charge in [0.2, 0.25) is 0 Å². The van der Waals surface area contributed by atoms with Crippen molar-refractivity contribution in [1.29, 1.82) is 0 Å². The van der Waals surface area contributed by atoms with E-state index < -0.39 is 0 Å². The highest BCUT2D eigenvalue weighted by molar-refractivity contribution is 9.10. The van der Waals surface area contributed by atoms with Crippen molar-refractivity contribution in [3.8, 4) is 5.75 Å². The van der Waals surface area contributed by atoms with Crippen LogP contribution in [0.2, 0.25) is 0 Å². The van der Waals surface area contributed by atoms with Crippen molar-refractivity contribution < 1.29 is 9.53 Å². The maximum absolute atomic E-state index is 10.9. The minimum atomic E-state index is 0.310. The van der Waals surface area contributed by atoms with Gasteiger partial charge < -0.3 is 4.74 Å². The van der Waals surface area contributed by atoms with Crippen molar-refractivity contribution in [3.63, 3.8) is 0 Å². The Labute approximate surface area is 117 Å². The lowest BCUT2D eigenvalue weighted by Crippen LogP contribution is -2.29. The van der Waals surface area contributed by atoms with Crippen molar-refractivity contribution in [2.75, 3.05) is 0 Å². The minimum absolute atomic E-state index is 0.310. The topological polar surface area (TPSA) is 26.3 Å². The second-order valence-corrected chi connectivity index (χ2v) is 5.76. The third-order valence-corrected chi connectivity index (χ3v) is 4.47. The van der Waals surface area contributed by atoms with Crippen LogP contribution < -0.4 is 4.74 Å². The molecule has 2 atom stereocenters. The van der Waals surface area contributed by atoms with Crippen LogP contribution in [0.5, 0.6) is 5.75 Å². The molecule has 0 saturated heterocycles. The smallest absolute Gasteiger partial charge is 0.151 e. The SMILES string of the molecule is CCC1CCCCC1Oc1ccc(Br)c(C=O)c1. The molecule has 0 aromatic heterocycles. The number of ether oxygens (including phenoxy) is 1. The number of carbonyl (C=O) groups is 1. The molecule has 2 nitrogen and oxygen atoms in total. The van der Waals surface area contributed by atoms with E-state index in [1.165, 1.54) is 25.7 Å². The van der Waals surface area contributed by atoms with Gasteiger partial charge in [-0.25, -0.2) is 0 Å². The summed E-state index contributed by atoms with van der Waals surface area (Å²) < 4.78 is 6.90. The largest absolute Gasteiger partial charge is 0.490 e. The van der Waals surface area contributed by atoms with E-state index in [1.807, 2.05) is 18.2 Å². The summed E-state index contributed by atoms with van der Waals surface area (Å²) in [6.07, 6.45) is 7.29. The molecule has 1 aliphatic rings. The molecule has 3 heteroatoms. The first-order chi connectivity index (χ1) is 8.74. The predicted octanol–water partition coefficient (Wildman–Crippen LogP) is 4.61. The van der Waals surface area contributed by atoms with Gasteiger partial charge in [-0.1, -0.05) is 29.3 Å². The van der Waals surface area contributed by atoms with E-state index in [9.17, 15) is 4.79 Å². The van der Waals surface area contributed by atoms with Crippen molar-refractivity contribution >= 4 is 22.2 Å². The van der Waals surface area contributed by atoms with Gasteiger partial charge in [-0.05, 0) is 49.8 Å². The van der Waals surface area contributed by atoms with Crippen LogP contribution in [0.3, 0.4) is 0 Å². The third kappa shape index (κ3) is 3.14. The molecule has 0 radical (unpaired) electrons. The van der Waals surface area contributed by atoms with Crippen LogP contribution in [-0.4, -0.2) is 12.4 Å². The Morgan fingerprint density at radius 2 is 2.17 bits per heavy atom. The predicted molar refractivity (Wildman–Crippen MR) is 76.2 cm³/mol. The van der Waals surface area contributed by atoms with E-state index in [0.29, 0.717) is 17.6 Å². The first-order valence-corrected chi connectivity index (χ1v) is 7.45. The molecule has 0 bridgehead atoms. The third-order valence-electron chi connectivity index (χ3n) is 3.75.